The van der Waals surface area contributed by atoms with Gasteiger partial charge in [-0.2, -0.15) is 0 Å². The Balaban J connectivity index is 1.48. The van der Waals surface area contributed by atoms with Gasteiger partial charge in [0.25, 0.3) is 0 Å². The van der Waals surface area contributed by atoms with Crippen molar-refractivity contribution >= 4 is 40.2 Å². The van der Waals surface area contributed by atoms with Crippen molar-refractivity contribution < 1.29 is 14.3 Å². The van der Waals surface area contributed by atoms with Crippen molar-refractivity contribution in [2.24, 2.45) is 0 Å². The van der Waals surface area contributed by atoms with E-state index in [0.717, 1.165) is 46.3 Å². The molecule has 184 valence electrons. The molecule has 0 saturated carbocycles. The maximum atomic E-state index is 13.4. The van der Waals surface area contributed by atoms with Crippen LogP contribution in [-0.2, 0) is 6.42 Å². The smallest absolute Gasteiger partial charge is 0.416 e. The molecule has 0 saturated heterocycles. The third kappa shape index (κ3) is 5.08. The first-order chi connectivity index (χ1) is 17.5. The van der Waals surface area contributed by atoms with Crippen LogP contribution in [0.15, 0.2) is 79.4 Å². The molecule has 7 heteroatoms. The van der Waals surface area contributed by atoms with E-state index in [1.807, 2.05) is 48.5 Å². The molecule has 1 amide bonds. The lowest BCUT2D eigenvalue weighted by atomic mass is 9.92. The molecule has 36 heavy (non-hydrogen) atoms. The lowest BCUT2D eigenvalue weighted by Crippen LogP contribution is -2.42. The number of carbonyl (C=O) groups excluding carboxylic acids is 1. The van der Waals surface area contributed by atoms with Crippen LogP contribution in [0.25, 0.3) is 10.9 Å². The van der Waals surface area contributed by atoms with Gasteiger partial charge >= 0.3 is 6.09 Å². The molecular formula is C29H26Cl2N2O3. The van der Waals surface area contributed by atoms with Gasteiger partial charge in [-0.1, -0.05) is 41.4 Å². The number of fused-ring (bicyclic) bond motifs is 3. The number of rotatable bonds is 7. The number of H-pyrrole nitrogens is 1. The minimum absolute atomic E-state index is 0.352. The maximum absolute atomic E-state index is 13.4. The molecule has 1 atom stereocenters. The Kier molecular flexibility index (Phi) is 7.21. The van der Waals surface area contributed by atoms with Gasteiger partial charge in [0.1, 0.15) is 17.5 Å². The second-order valence-corrected chi connectivity index (χ2v) is 9.60. The highest BCUT2D eigenvalue weighted by molar-refractivity contribution is 6.31. The first kappa shape index (κ1) is 24.3. The normalized spacial score (nSPS) is 14.9. The Morgan fingerprint density at radius 3 is 2.50 bits per heavy atom. The highest BCUT2D eigenvalue weighted by Crippen LogP contribution is 2.40. The number of nitrogens with one attached hydrogen (secondary N) is 1. The fourth-order valence-electron chi connectivity index (χ4n) is 4.63. The van der Waals surface area contributed by atoms with Gasteiger partial charge in [0, 0.05) is 33.2 Å². The summed E-state index contributed by atoms with van der Waals surface area (Å²) in [6.45, 7) is 4.87. The summed E-state index contributed by atoms with van der Waals surface area (Å²) in [6, 6.07) is 20.1. The fraction of sp³-hybridized carbons (Fsp3) is 0.207. The third-order valence-corrected chi connectivity index (χ3v) is 6.85. The molecule has 3 aromatic carbocycles. The van der Waals surface area contributed by atoms with Gasteiger partial charge in [-0.05, 0) is 85.0 Å². The predicted octanol–water partition coefficient (Wildman–Crippen LogP) is 7.97. The SMILES string of the molecule is C=CCCCOc1ccc(C2c3[nH]c4ccc(Cl)cc4c3CCN2C(=O)Oc2ccc(Cl)cc2)cc1. The van der Waals surface area contributed by atoms with Crippen LogP contribution in [0, 0.1) is 0 Å². The van der Waals surface area contributed by atoms with Gasteiger partial charge < -0.3 is 14.5 Å². The van der Waals surface area contributed by atoms with E-state index in [4.69, 9.17) is 32.7 Å². The van der Waals surface area contributed by atoms with Crippen LogP contribution in [0.2, 0.25) is 10.0 Å². The zero-order chi connectivity index (χ0) is 25.1. The van der Waals surface area contributed by atoms with Gasteiger partial charge in [0.2, 0.25) is 0 Å². The van der Waals surface area contributed by atoms with Crippen LogP contribution < -0.4 is 9.47 Å². The van der Waals surface area contributed by atoms with Gasteiger partial charge in [0.05, 0.1) is 6.61 Å². The standard InChI is InChI=1S/C29H26Cl2N2O3/c1-2-3-4-17-35-22-10-5-19(6-11-22)28-27-24(25-18-21(31)9-14-26(25)32-27)15-16-33(28)29(34)36-23-12-7-20(30)8-13-23/h2,5-14,18,28,32H,1,3-4,15-17H2. The number of allylic oxidation sites excluding steroid dienone is 1. The van der Waals surface area contributed by atoms with Crippen LogP contribution >= 0.6 is 23.2 Å². The average Bonchev–Trinajstić information content (AvgIpc) is 3.25. The number of halogens is 2. The Morgan fingerprint density at radius 2 is 1.75 bits per heavy atom. The van der Waals surface area contributed by atoms with E-state index >= 15 is 0 Å². The van der Waals surface area contributed by atoms with Crippen molar-refractivity contribution in [2.75, 3.05) is 13.2 Å². The summed E-state index contributed by atoms with van der Waals surface area (Å²) in [6.07, 6.45) is 3.98. The first-order valence-electron chi connectivity index (χ1n) is 11.9. The minimum atomic E-state index is -0.422. The Bertz CT molecular complexity index is 1380. The Morgan fingerprint density at radius 1 is 1.03 bits per heavy atom. The van der Waals surface area contributed by atoms with E-state index in [1.165, 1.54) is 0 Å². The molecule has 2 heterocycles. The topological polar surface area (TPSA) is 54.6 Å². The number of aromatic nitrogens is 1. The molecule has 0 aliphatic carbocycles. The number of carbonyl (C=O) groups is 1. The van der Waals surface area contributed by atoms with Crippen LogP contribution in [0.5, 0.6) is 11.5 Å². The Labute approximate surface area is 220 Å². The van der Waals surface area contributed by atoms with Crippen molar-refractivity contribution in [3.05, 3.63) is 106 Å². The molecular weight excluding hydrogens is 495 g/mol. The highest BCUT2D eigenvalue weighted by Gasteiger charge is 2.35. The number of benzene rings is 3. The Hall–Kier alpha value is -3.41. The molecule has 0 fully saturated rings. The monoisotopic (exact) mass is 520 g/mol. The van der Waals surface area contributed by atoms with Crippen LogP contribution in [0.4, 0.5) is 4.79 Å². The minimum Gasteiger partial charge on any atom is -0.494 e. The van der Waals surface area contributed by atoms with Crippen molar-refractivity contribution in [1.29, 1.82) is 0 Å². The highest BCUT2D eigenvalue weighted by atomic mass is 35.5. The molecule has 1 aliphatic heterocycles. The quantitative estimate of drug-likeness (QED) is 0.198. The number of amides is 1. The molecule has 1 N–H and O–H groups in total. The molecule has 0 radical (unpaired) electrons. The summed E-state index contributed by atoms with van der Waals surface area (Å²) < 4.78 is 11.6. The molecule has 1 aliphatic rings. The third-order valence-electron chi connectivity index (χ3n) is 6.36. The molecule has 0 spiro atoms. The fourth-order valence-corrected chi connectivity index (χ4v) is 4.93. The van der Waals surface area contributed by atoms with Gasteiger partial charge in [0.15, 0.2) is 0 Å². The lowest BCUT2D eigenvalue weighted by Gasteiger charge is -2.35. The molecule has 0 bridgehead atoms. The van der Waals surface area contributed by atoms with Crippen LogP contribution in [0.3, 0.4) is 0 Å². The first-order valence-corrected chi connectivity index (χ1v) is 12.7. The summed E-state index contributed by atoms with van der Waals surface area (Å²) in [4.78, 5) is 18.7. The van der Waals surface area contributed by atoms with Crippen molar-refractivity contribution in [3.63, 3.8) is 0 Å². The summed E-state index contributed by atoms with van der Waals surface area (Å²) in [5.41, 5.74) is 4.08. The summed E-state index contributed by atoms with van der Waals surface area (Å²) >= 11 is 12.3. The van der Waals surface area contributed by atoms with E-state index in [0.29, 0.717) is 35.4 Å². The van der Waals surface area contributed by atoms with E-state index in [1.54, 1.807) is 29.2 Å². The van der Waals surface area contributed by atoms with Crippen LogP contribution in [-0.4, -0.2) is 29.1 Å². The summed E-state index contributed by atoms with van der Waals surface area (Å²) in [7, 11) is 0. The number of aromatic amines is 1. The van der Waals surface area contributed by atoms with Crippen molar-refractivity contribution in [2.45, 2.75) is 25.3 Å². The zero-order valence-electron chi connectivity index (χ0n) is 19.7. The van der Waals surface area contributed by atoms with Gasteiger partial charge in [-0.3, -0.25) is 4.90 Å². The molecule has 4 aromatic rings. The van der Waals surface area contributed by atoms with E-state index in [2.05, 4.69) is 11.6 Å². The second-order valence-electron chi connectivity index (χ2n) is 8.72. The van der Waals surface area contributed by atoms with Crippen molar-refractivity contribution in [1.82, 2.24) is 9.88 Å². The zero-order valence-corrected chi connectivity index (χ0v) is 21.2. The lowest BCUT2D eigenvalue weighted by molar-refractivity contribution is 0.135. The van der Waals surface area contributed by atoms with Gasteiger partial charge in [-0.25, -0.2) is 4.79 Å². The average molecular weight is 521 g/mol. The second kappa shape index (κ2) is 10.7. The largest absolute Gasteiger partial charge is 0.494 e. The summed E-state index contributed by atoms with van der Waals surface area (Å²) in [5, 5.41) is 2.35. The van der Waals surface area contributed by atoms with Crippen LogP contribution in [0.1, 0.15) is 35.7 Å². The number of hydrogen-bond donors (Lipinski definition) is 1. The van der Waals surface area contributed by atoms with E-state index < -0.39 is 6.09 Å². The van der Waals surface area contributed by atoms with E-state index in [9.17, 15) is 4.79 Å². The number of hydrogen-bond acceptors (Lipinski definition) is 3. The predicted molar refractivity (Wildman–Crippen MR) is 144 cm³/mol. The van der Waals surface area contributed by atoms with Gasteiger partial charge in [-0.15, -0.1) is 6.58 Å². The number of nitrogens with zero attached hydrogens (tertiary/aromatic N) is 1. The maximum Gasteiger partial charge on any atom is 0.416 e. The molecule has 5 nitrogen and oxygen atoms in total. The number of ether oxygens (including phenoxy) is 2. The molecule has 1 unspecified atom stereocenters. The summed E-state index contributed by atoms with van der Waals surface area (Å²) in [5.74, 6) is 1.23. The van der Waals surface area contributed by atoms with Crippen molar-refractivity contribution in [3.8, 4) is 11.5 Å². The number of unbranched alkanes of at least 4 members (excludes halogenated alkanes) is 1. The molecule has 5 rings (SSSR count). The molecule has 1 aromatic heterocycles. The van der Waals surface area contributed by atoms with E-state index in [-0.39, 0.29) is 6.04 Å².